The van der Waals surface area contributed by atoms with Crippen molar-refractivity contribution in [1.29, 1.82) is 0 Å². The average Bonchev–Trinajstić information content (AvgIpc) is 3.05. The number of carbonyl (C=O) groups is 3. The predicted molar refractivity (Wildman–Crippen MR) is 103 cm³/mol. The maximum atomic E-state index is 12.5. The normalized spacial score (nSPS) is 22.9. The van der Waals surface area contributed by atoms with E-state index < -0.39 is 42.4 Å². The molecule has 2 aromatic rings. The van der Waals surface area contributed by atoms with Crippen LogP contribution in [0.4, 0.5) is 0 Å². The summed E-state index contributed by atoms with van der Waals surface area (Å²) in [4.78, 5) is 35.8. The Hall–Kier alpha value is -3.26. The third-order valence-corrected chi connectivity index (χ3v) is 4.60. The van der Waals surface area contributed by atoms with Crippen LogP contribution in [0.3, 0.4) is 0 Å². The Kier molecular flexibility index (Phi) is 6.79. The number of hydrogen-bond donors (Lipinski definition) is 0. The van der Waals surface area contributed by atoms with E-state index in [0.717, 1.165) is 0 Å². The third kappa shape index (κ3) is 5.01. The molecule has 1 aromatic heterocycles. The Morgan fingerprint density at radius 2 is 1.63 bits per heavy atom. The fourth-order valence-corrected chi connectivity index (χ4v) is 3.35. The van der Waals surface area contributed by atoms with Gasteiger partial charge in [-0.25, -0.2) is 4.79 Å². The van der Waals surface area contributed by atoms with E-state index in [0.29, 0.717) is 12.2 Å². The molecule has 1 unspecified atom stereocenters. The number of pyridine rings is 1. The van der Waals surface area contributed by atoms with E-state index in [-0.39, 0.29) is 5.56 Å². The number of hydrogen-bond acceptors (Lipinski definition) is 7. The van der Waals surface area contributed by atoms with E-state index in [2.05, 4.69) is 0 Å². The molecule has 8 heteroatoms. The van der Waals surface area contributed by atoms with Crippen LogP contribution in [0, 0.1) is 0 Å². The zero-order chi connectivity index (χ0) is 21.7. The van der Waals surface area contributed by atoms with Crippen LogP contribution in [-0.4, -0.2) is 36.2 Å². The smallest absolute Gasteiger partial charge is 0.349 e. The number of para-hydroxylation sites is 1. The topological polar surface area (TPSA) is 92.0 Å². The molecular formula is C22H24NO7+. The number of benzene rings is 1. The largest absolute Gasteiger partial charge is 0.455 e. The van der Waals surface area contributed by atoms with Crippen molar-refractivity contribution in [2.45, 2.75) is 51.7 Å². The van der Waals surface area contributed by atoms with Gasteiger partial charge in [0.2, 0.25) is 6.10 Å². The summed E-state index contributed by atoms with van der Waals surface area (Å²) in [7, 11) is 0. The lowest BCUT2D eigenvalue weighted by atomic mass is 10.1. The molecule has 1 aliphatic heterocycles. The SMILES string of the molecule is CC[C@H]1O[C@@H]([n+]2cccc(C(=O)Oc3ccccc3)c2)[C@@H](OC(C)=O)C1OC(C)=O. The molecule has 0 spiro atoms. The van der Waals surface area contributed by atoms with E-state index in [4.69, 9.17) is 18.9 Å². The molecule has 0 bridgehead atoms. The highest BCUT2D eigenvalue weighted by molar-refractivity contribution is 5.90. The summed E-state index contributed by atoms with van der Waals surface area (Å²) in [5.41, 5.74) is 0.288. The minimum absolute atomic E-state index is 0.288. The zero-order valence-electron chi connectivity index (χ0n) is 17.0. The number of ether oxygens (including phenoxy) is 4. The van der Waals surface area contributed by atoms with Gasteiger partial charge in [-0.1, -0.05) is 25.1 Å². The quantitative estimate of drug-likeness (QED) is 0.407. The Morgan fingerprint density at radius 3 is 2.27 bits per heavy atom. The summed E-state index contributed by atoms with van der Waals surface area (Å²) in [6.07, 6.45) is 0.931. The molecule has 1 fully saturated rings. The predicted octanol–water partition coefficient (Wildman–Crippen LogP) is 2.36. The van der Waals surface area contributed by atoms with Crippen LogP contribution in [0.5, 0.6) is 5.75 Å². The van der Waals surface area contributed by atoms with Crippen molar-refractivity contribution in [3.8, 4) is 5.75 Å². The summed E-state index contributed by atoms with van der Waals surface area (Å²) < 4.78 is 23.9. The van der Waals surface area contributed by atoms with Gasteiger partial charge in [0, 0.05) is 19.9 Å². The van der Waals surface area contributed by atoms with Crippen LogP contribution in [0.25, 0.3) is 0 Å². The highest BCUT2D eigenvalue weighted by atomic mass is 16.6. The van der Waals surface area contributed by atoms with Crippen molar-refractivity contribution in [3.05, 3.63) is 60.4 Å². The maximum absolute atomic E-state index is 12.5. The molecule has 0 saturated carbocycles. The van der Waals surface area contributed by atoms with E-state index >= 15 is 0 Å². The fourth-order valence-electron chi connectivity index (χ4n) is 3.35. The van der Waals surface area contributed by atoms with Crippen molar-refractivity contribution >= 4 is 17.9 Å². The van der Waals surface area contributed by atoms with Gasteiger partial charge in [0.1, 0.15) is 17.4 Å². The first kappa shape index (κ1) is 21.4. The van der Waals surface area contributed by atoms with Crippen LogP contribution >= 0.6 is 0 Å². The molecule has 4 atom stereocenters. The van der Waals surface area contributed by atoms with E-state index in [1.54, 1.807) is 53.4 Å². The summed E-state index contributed by atoms with van der Waals surface area (Å²) in [6.45, 7) is 4.45. The first-order valence-electron chi connectivity index (χ1n) is 9.67. The second kappa shape index (κ2) is 9.49. The summed E-state index contributed by atoms with van der Waals surface area (Å²) in [5.74, 6) is -1.14. The number of aromatic nitrogens is 1. The van der Waals surface area contributed by atoms with Crippen LogP contribution in [0.2, 0.25) is 0 Å². The van der Waals surface area contributed by atoms with Crippen LogP contribution in [0.1, 0.15) is 43.8 Å². The molecule has 0 amide bonds. The monoisotopic (exact) mass is 414 g/mol. The Morgan fingerprint density at radius 1 is 0.967 bits per heavy atom. The van der Waals surface area contributed by atoms with Gasteiger partial charge >= 0.3 is 24.1 Å². The summed E-state index contributed by atoms with van der Waals surface area (Å²) in [5, 5.41) is 0. The van der Waals surface area contributed by atoms with E-state index in [9.17, 15) is 14.4 Å². The van der Waals surface area contributed by atoms with Crippen molar-refractivity contribution < 1.29 is 37.9 Å². The lowest BCUT2D eigenvalue weighted by Crippen LogP contribution is -2.48. The third-order valence-electron chi connectivity index (χ3n) is 4.60. The lowest BCUT2D eigenvalue weighted by Gasteiger charge is -2.21. The van der Waals surface area contributed by atoms with Gasteiger partial charge in [0.05, 0.1) is 0 Å². The number of nitrogens with zero attached hydrogens (tertiary/aromatic N) is 1. The van der Waals surface area contributed by atoms with Crippen molar-refractivity contribution in [1.82, 2.24) is 0 Å². The molecule has 2 heterocycles. The molecule has 0 radical (unpaired) electrons. The van der Waals surface area contributed by atoms with E-state index in [1.807, 2.05) is 13.0 Å². The maximum Gasteiger partial charge on any atom is 0.349 e. The minimum Gasteiger partial charge on any atom is -0.455 e. The van der Waals surface area contributed by atoms with Crippen LogP contribution in [0.15, 0.2) is 54.9 Å². The van der Waals surface area contributed by atoms with Crippen LogP contribution < -0.4 is 9.30 Å². The molecule has 1 aliphatic rings. The Balaban J connectivity index is 1.87. The van der Waals surface area contributed by atoms with E-state index in [1.165, 1.54) is 13.8 Å². The average molecular weight is 414 g/mol. The van der Waals surface area contributed by atoms with Gasteiger partial charge in [-0.05, 0) is 24.6 Å². The summed E-state index contributed by atoms with van der Waals surface area (Å²) >= 11 is 0. The molecular weight excluding hydrogens is 390 g/mol. The molecule has 8 nitrogen and oxygen atoms in total. The van der Waals surface area contributed by atoms with Gasteiger partial charge in [-0.3, -0.25) is 9.59 Å². The van der Waals surface area contributed by atoms with Gasteiger partial charge in [-0.2, -0.15) is 4.57 Å². The molecule has 0 aliphatic carbocycles. The molecule has 158 valence electrons. The Bertz CT molecular complexity index is 915. The first-order chi connectivity index (χ1) is 14.4. The highest BCUT2D eigenvalue weighted by Crippen LogP contribution is 2.32. The van der Waals surface area contributed by atoms with Crippen LogP contribution in [-0.2, 0) is 23.8 Å². The second-order valence-electron chi connectivity index (χ2n) is 6.86. The standard InChI is InChI=1S/C22H24NO7/c1-4-18-19(27-14(2)24)20(28-15(3)25)21(30-18)23-12-8-9-16(13-23)22(26)29-17-10-6-5-7-11-17/h5-13,18-21H,4H2,1-3H3/q+1/t18-,19?,20+,21-/m1/s1. The van der Waals surface area contributed by atoms with Crippen molar-refractivity contribution in [2.24, 2.45) is 0 Å². The van der Waals surface area contributed by atoms with Crippen molar-refractivity contribution in [3.63, 3.8) is 0 Å². The minimum atomic E-state index is -0.859. The highest BCUT2D eigenvalue weighted by Gasteiger charge is 2.53. The lowest BCUT2D eigenvalue weighted by molar-refractivity contribution is -0.765. The molecule has 30 heavy (non-hydrogen) atoms. The second-order valence-corrected chi connectivity index (χ2v) is 6.86. The molecule has 3 rings (SSSR count). The van der Waals surface area contributed by atoms with Gasteiger partial charge in [-0.15, -0.1) is 0 Å². The fraction of sp³-hybridized carbons (Fsp3) is 0.364. The Labute approximate surface area is 174 Å². The van der Waals surface area contributed by atoms with Gasteiger partial charge < -0.3 is 18.9 Å². The zero-order valence-corrected chi connectivity index (χ0v) is 17.0. The number of carbonyl (C=O) groups excluding carboxylic acids is 3. The molecule has 1 aromatic carbocycles. The van der Waals surface area contributed by atoms with Gasteiger partial charge in [0.15, 0.2) is 18.5 Å². The first-order valence-corrected chi connectivity index (χ1v) is 9.67. The molecule has 0 N–H and O–H groups in total. The molecule has 1 saturated heterocycles. The van der Waals surface area contributed by atoms with Crippen molar-refractivity contribution in [2.75, 3.05) is 0 Å². The number of esters is 3. The summed E-state index contributed by atoms with van der Waals surface area (Å²) in [6, 6.07) is 12.0. The van der Waals surface area contributed by atoms with Gasteiger partial charge in [0.25, 0.3) is 0 Å². The number of rotatable bonds is 6.